The molecule has 0 spiro atoms. The van der Waals surface area contributed by atoms with Crippen LogP contribution in [0.5, 0.6) is 0 Å². The van der Waals surface area contributed by atoms with Gasteiger partial charge < -0.3 is 5.32 Å². The minimum atomic E-state index is -3.71. The van der Waals surface area contributed by atoms with Crippen molar-refractivity contribution in [3.63, 3.8) is 0 Å². The summed E-state index contributed by atoms with van der Waals surface area (Å²) in [5, 5.41) is 2.71. The second-order valence-electron chi connectivity index (χ2n) is 4.20. The highest BCUT2D eigenvalue weighted by molar-refractivity contribution is 7.89. The van der Waals surface area contributed by atoms with Crippen molar-refractivity contribution in [2.75, 3.05) is 13.6 Å². The third-order valence-electron chi connectivity index (χ3n) is 3.06. The lowest BCUT2D eigenvalue weighted by Gasteiger charge is -2.22. The van der Waals surface area contributed by atoms with E-state index >= 15 is 0 Å². The summed E-state index contributed by atoms with van der Waals surface area (Å²) in [6, 6.07) is 2.16. The van der Waals surface area contributed by atoms with Crippen LogP contribution in [0.15, 0.2) is 23.2 Å². The first-order chi connectivity index (χ1) is 8.96. The van der Waals surface area contributed by atoms with Crippen molar-refractivity contribution in [3.05, 3.63) is 23.5 Å². The fraction of sp³-hybridized carbons (Fsp3) is 0.455. The molecule has 0 saturated carbocycles. The predicted molar refractivity (Wildman–Crippen MR) is 70.2 cm³/mol. The number of hydrogen-bond acceptors (Lipinski definition) is 4. The first-order valence-electron chi connectivity index (χ1n) is 5.82. The van der Waals surface area contributed by atoms with Crippen molar-refractivity contribution in [1.82, 2.24) is 14.6 Å². The molecule has 0 radical (unpaired) electrons. The molecular formula is C11H14ClN3O3S. The van der Waals surface area contributed by atoms with Gasteiger partial charge in [-0.1, -0.05) is 11.6 Å². The number of hydrogen-bond donors (Lipinski definition) is 1. The van der Waals surface area contributed by atoms with Gasteiger partial charge in [-0.25, -0.2) is 13.4 Å². The van der Waals surface area contributed by atoms with Crippen LogP contribution >= 0.6 is 11.6 Å². The largest absolute Gasteiger partial charge is 0.358 e. The molecule has 2 rings (SSSR count). The average Bonchev–Trinajstić information content (AvgIpc) is 2.88. The van der Waals surface area contributed by atoms with Crippen LogP contribution in [0.3, 0.4) is 0 Å². The van der Waals surface area contributed by atoms with Crippen molar-refractivity contribution in [2.45, 2.75) is 23.8 Å². The number of rotatable bonds is 3. The summed E-state index contributed by atoms with van der Waals surface area (Å²) in [4.78, 5) is 15.5. The number of carbonyl (C=O) groups is 1. The molecule has 0 bridgehead atoms. The Morgan fingerprint density at radius 1 is 1.53 bits per heavy atom. The second kappa shape index (κ2) is 5.44. The van der Waals surface area contributed by atoms with Crippen molar-refractivity contribution >= 4 is 27.5 Å². The molecule has 0 aliphatic carbocycles. The molecule has 1 amide bonds. The van der Waals surface area contributed by atoms with Crippen LogP contribution in [-0.2, 0) is 14.8 Å². The maximum absolute atomic E-state index is 12.4. The highest BCUT2D eigenvalue weighted by atomic mass is 35.5. The fourth-order valence-electron chi connectivity index (χ4n) is 2.11. The van der Waals surface area contributed by atoms with Crippen LogP contribution in [0.2, 0.25) is 5.15 Å². The minimum Gasteiger partial charge on any atom is -0.358 e. The lowest BCUT2D eigenvalue weighted by Crippen LogP contribution is -2.44. The van der Waals surface area contributed by atoms with E-state index in [1.54, 1.807) is 0 Å². The quantitative estimate of drug-likeness (QED) is 0.831. The van der Waals surface area contributed by atoms with E-state index in [1.807, 2.05) is 0 Å². The Hall–Kier alpha value is -1.18. The molecule has 0 aromatic carbocycles. The Morgan fingerprint density at radius 3 is 2.84 bits per heavy atom. The van der Waals surface area contributed by atoms with Crippen LogP contribution < -0.4 is 5.32 Å². The SMILES string of the molecule is CNC(=O)[C@@H]1CCCN1S(=O)(=O)c1ccc(Cl)nc1. The van der Waals surface area contributed by atoms with Gasteiger partial charge in [-0.2, -0.15) is 4.31 Å². The van der Waals surface area contributed by atoms with E-state index in [1.165, 1.54) is 29.7 Å². The van der Waals surface area contributed by atoms with Crippen molar-refractivity contribution in [2.24, 2.45) is 0 Å². The number of amides is 1. The highest BCUT2D eigenvalue weighted by Crippen LogP contribution is 2.26. The van der Waals surface area contributed by atoms with Crippen LogP contribution in [0.4, 0.5) is 0 Å². The van der Waals surface area contributed by atoms with Gasteiger partial charge in [0.05, 0.1) is 0 Å². The van der Waals surface area contributed by atoms with Crippen LogP contribution in [-0.4, -0.2) is 43.2 Å². The molecule has 1 aliphatic rings. The number of pyridine rings is 1. The molecule has 8 heteroatoms. The lowest BCUT2D eigenvalue weighted by molar-refractivity contribution is -0.123. The summed E-state index contributed by atoms with van der Waals surface area (Å²) < 4.78 is 26.1. The van der Waals surface area contributed by atoms with Gasteiger partial charge in [0, 0.05) is 19.8 Å². The van der Waals surface area contributed by atoms with E-state index in [4.69, 9.17) is 11.6 Å². The van der Waals surface area contributed by atoms with Gasteiger partial charge in [-0.15, -0.1) is 0 Å². The van der Waals surface area contributed by atoms with Crippen molar-refractivity contribution in [3.8, 4) is 0 Å². The zero-order valence-corrected chi connectivity index (χ0v) is 11.9. The molecule has 1 N–H and O–H groups in total. The Labute approximate surface area is 116 Å². The predicted octanol–water partition coefficient (Wildman–Crippen LogP) is 0.634. The standard InChI is InChI=1S/C11H14ClN3O3S/c1-13-11(16)9-3-2-6-15(9)19(17,18)8-4-5-10(12)14-7-8/h4-5,7,9H,2-3,6H2,1H3,(H,13,16)/t9-/m0/s1. The number of sulfonamides is 1. The third kappa shape index (κ3) is 2.72. The van der Waals surface area contributed by atoms with Gasteiger partial charge in [-0.3, -0.25) is 4.79 Å². The van der Waals surface area contributed by atoms with E-state index in [0.29, 0.717) is 19.4 Å². The number of carbonyl (C=O) groups excluding carboxylic acids is 1. The summed E-state index contributed by atoms with van der Waals surface area (Å²) in [7, 11) is -2.21. The van der Waals surface area contributed by atoms with Gasteiger partial charge >= 0.3 is 0 Å². The van der Waals surface area contributed by atoms with Crippen molar-refractivity contribution < 1.29 is 13.2 Å². The number of nitrogens with one attached hydrogen (secondary N) is 1. The molecule has 0 unspecified atom stereocenters. The molecule has 2 heterocycles. The summed E-state index contributed by atoms with van der Waals surface area (Å²) in [5.74, 6) is -0.289. The fourth-order valence-corrected chi connectivity index (χ4v) is 3.82. The zero-order valence-electron chi connectivity index (χ0n) is 10.3. The van der Waals surface area contributed by atoms with Gasteiger partial charge in [0.1, 0.15) is 16.1 Å². The summed E-state index contributed by atoms with van der Waals surface area (Å²) in [5.41, 5.74) is 0. The summed E-state index contributed by atoms with van der Waals surface area (Å²) in [6.07, 6.45) is 2.40. The lowest BCUT2D eigenvalue weighted by atomic mass is 10.2. The Morgan fingerprint density at radius 2 is 2.26 bits per heavy atom. The van der Waals surface area contributed by atoms with Crippen LogP contribution in [0.1, 0.15) is 12.8 Å². The van der Waals surface area contributed by atoms with Gasteiger partial charge in [0.2, 0.25) is 15.9 Å². The molecule has 6 nitrogen and oxygen atoms in total. The molecule has 1 aliphatic heterocycles. The number of likely N-dealkylation sites (N-methyl/N-ethyl adjacent to an activating group) is 1. The summed E-state index contributed by atoms with van der Waals surface area (Å²) in [6.45, 7) is 0.336. The molecule has 104 valence electrons. The number of nitrogens with zero attached hydrogens (tertiary/aromatic N) is 2. The van der Waals surface area contributed by atoms with Crippen molar-refractivity contribution in [1.29, 1.82) is 0 Å². The van der Waals surface area contributed by atoms with E-state index in [9.17, 15) is 13.2 Å². The van der Waals surface area contributed by atoms with Gasteiger partial charge in [-0.05, 0) is 25.0 Å². The first-order valence-corrected chi connectivity index (χ1v) is 7.63. The second-order valence-corrected chi connectivity index (χ2v) is 6.48. The zero-order chi connectivity index (χ0) is 14.0. The molecule has 1 aromatic rings. The molecule has 1 aromatic heterocycles. The monoisotopic (exact) mass is 303 g/mol. The van der Waals surface area contributed by atoms with E-state index in [2.05, 4.69) is 10.3 Å². The number of aromatic nitrogens is 1. The molecule has 19 heavy (non-hydrogen) atoms. The maximum Gasteiger partial charge on any atom is 0.245 e. The first kappa shape index (κ1) is 14.2. The molecule has 1 fully saturated rings. The normalized spacial score (nSPS) is 20.4. The Bertz CT molecular complexity index is 573. The third-order valence-corrected chi connectivity index (χ3v) is 5.17. The highest BCUT2D eigenvalue weighted by Gasteiger charge is 2.39. The Balaban J connectivity index is 2.33. The van der Waals surface area contributed by atoms with Gasteiger partial charge in [0.25, 0.3) is 0 Å². The average molecular weight is 304 g/mol. The van der Waals surface area contributed by atoms with Gasteiger partial charge in [0.15, 0.2) is 0 Å². The molecular weight excluding hydrogens is 290 g/mol. The number of halogens is 1. The Kier molecular flexibility index (Phi) is 4.07. The summed E-state index contributed by atoms with van der Waals surface area (Å²) >= 11 is 5.64. The topological polar surface area (TPSA) is 79.4 Å². The van der Waals surface area contributed by atoms with E-state index < -0.39 is 16.1 Å². The molecule has 1 saturated heterocycles. The minimum absolute atomic E-state index is 0.0488. The molecule has 1 atom stereocenters. The van der Waals surface area contributed by atoms with Crippen LogP contribution in [0, 0.1) is 0 Å². The van der Waals surface area contributed by atoms with E-state index in [0.717, 1.165) is 0 Å². The smallest absolute Gasteiger partial charge is 0.245 e. The van der Waals surface area contributed by atoms with Crippen LogP contribution in [0.25, 0.3) is 0 Å². The maximum atomic E-state index is 12.4. The van der Waals surface area contributed by atoms with E-state index in [-0.39, 0.29) is 16.0 Å².